The zero-order chi connectivity index (χ0) is 13.4. The van der Waals surface area contributed by atoms with E-state index in [1.165, 1.54) is 0 Å². The Morgan fingerprint density at radius 2 is 1.95 bits per heavy atom. The fourth-order valence-corrected chi connectivity index (χ4v) is 3.05. The van der Waals surface area contributed by atoms with Crippen LogP contribution in [-0.4, -0.2) is 42.1 Å². The zero-order valence-electron chi connectivity index (χ0n) is 11.4. The average Bonchev–Trinajstić information content (AvgIpc) is 2.82. The summed E-state index contributed by atoms with van der Waals surface area (Å²) in [5.74, 6) is 0.981. The molecule has 4 heteroatoms. The molecule has 4 nitrogen and oxygen atoms in total. The molecule has 3 atom stereocenters. The van der Waals surface area contributed by atoms with Crippen LogP contribution in [0.25, 0.3) is 0 Å². The van der Waals surface area contributed by atoms with E-state index in [0.717, 1.165) is 24.4 Å². The van der Waals surface area contributed by atoms with Crippen molar-refractivity contribution in [3.05, 3.63) is 29.8 Å². The molecule has 102 valence electrons. The molecule has 1 saturated heterocycles. The van der Waals surface area contributed by atoms with Crippen molar-refractivity contribution in [2.24, 2.45) is 0 Å². The van der Waals surface area contributed by atoms with E-state index in [2.05, 4.69) is 19.2 Å². The van der Waals surface area contributed by atoms with Gasteiger partial charge in [0.15, 0.2) is 6.10 Å². The maximum Gasteiger partial charge on any atom is 0.264 e. The van der Waals surface area contributed by atoms with Crippen LogP contribution in [0.2, 0.25) is 0 Å². The van der Waals surface area contributed by atoms with E-state index in [0.29, 0.717) is 6.42 Å². The Morgan fingerprint density at radius 3 is 2.63 bits per heavy atom. The molecule has 0 saturated carbocycles. The third-order valence-corrected chi connectivity index (χ3v) is 4.01. The van der Waals surface area contributed by atoms with E-state index >= 15 is 0 Å². The quantitative estimate of drug-likeness (QED) is 0.825. The highest BCUT2D eigenvalue weighted by Crippen LogP contribution is 2.29. The van der Waals surface area contributed by atoms with Crippen molar-refractivity contribution in [2.75, 3.05) is 13.1 Å². The van der Waals surface area contributed by atoms with Gasteiger partial charge in [0, 0.05) is 31.6 Å². The van der Waals surface area contributed by atoms with E-state index in [9.17, 15) is 4.79 Å². The number of hydrogen-bond acceptors (Lipinski definition) is 3. The van der Waals surface area contributed by atoms with Crippen LogP contribution in [0.5, 0.6) is 5.75 Å². The maximum absolute atomic E-state index is 12.7. The van der Waals surface area contributed by atoms with Gasteiger partial charge in [-0.15, -0.1) is 0 Å². The molecule has 2 heterocycles. The molecular weight excluding hydrogens is 240 g/mol. The van der Waals surface area contributed by atoms with Gasteiger partial charge in [0.2, 0.25) is 0 Å². The highest BCUT2D eigenvalue weighted by molar-refractivity contribution is 5.83. The van der Waals surface area contributed by atoms with Gasteiger partial charge in [0.1, 0.15) is 5.75 Å². The lowest BCUT2D eigenvalue weighted by atomic mass is 10.1. The van der Waals surface area contributed by atoms with E-state index in [4.69, 9.17) is 4.74 Å². The number of ether oxygens (including phenoxy) is 1. The van der Waals surface area contributed by atoms with Crippen LogP contribution in [-0.2, 0) is 11.2 Å². The first-order chi connectivity index (χ1) is 9.16. The minimum Gasteiger partial charge on any atom is -0.480 e. The highest BCUT2D eigenvalue weighted by atomic mass is 16.5. The summed E-state index contributed by atoms with van der Waals surface area (Å²) in [6, 6.07) is 8.36. The number of carbonyl (C=O) groups excluding carboxylic acids is 1. The number of fused-ring (bicyclic) bond motifs is 1. The summed E-state index contributed by atoms with van der Waals surface area (Å²) in [6.45, 7) is 5.89. The lowest BCUT2D eigenvalue weighted by Crippen LogP contribution is -2.59. The van der Waals surface area contributed by atoms with Crippen LogP contribution in [0, 0.1) is 0 Å². The van der Waals surface area contributed by atoms with Crippen molar-refractivity contribution in [1.82, 2.24) is 10.2 Å². The summed E-state index contributed by atoms with van der Waals surface area (Å²) in [6.07, 6.45) is 0.346. The Bertz CT molecular complexity index is 454. The molecule has 1 aromatic carbocycles. The first-order valence-electron chi connectivity index (χ1n) is 6.94. The molecule has 0 bridgehead atoms. The molecule has 3 rings (SSSR count). The van der Waals surface area contributed by atoms with Crippen LogP contribution < -0.4 is 10.1 Å². The molecule has 2 aliphatic rings. The van der Waals surface area contributed by atoms with Gasteiger partial charge in [-0.3, -0.25) is 4.79 Å². The average molecular weight is 260 g/mol. The van der Waals surface area contributed by atoms with Crippen molar-refractivity contribution in [3.63, 3.8) is 0 Å². The second-order valence-corrected chi connectivity index (χ2v) is 5.52. The number of para-hydroxylation sites is 1. The van der Waals surface area contributed by atoms with Gasteiger partial charge < -0.3 is 15.0 Å². The predicted octanol–water partition coefficient (Wildman–Crippen LogP) is 1.20. The Hall–Kier alpha value is -1.55. The SMILES string of the molecule is CC1CNCC(C)N1C(=O)C1Cc2ccccc2O1. The van der Waals surface area contributed by atoms with E-state index in [1.54, 1.807) is 0 Å². The van der Waals surface area contributed by atoms with Crippen molar-refractivity contribution in [3.8, 4) is 5.75 Å². The molecule has 3 unspecified atom stereocenters. The van der Waals surface area contributed by atoms with Crippen LogP contribution >= 0.6 is 0 Å². The fourth-order valence-electron chi connectivity index (χ4n) is 3.05. The van der Waals surface area contributed by atoms with Crippen molar-refractivity contribution >= 4 is 5.91 Å². The second kappa shape index (κ2) is 4.85. The number of piperazine rings is 1. The fraction of sp³-hybridized carbons (Fsp3) is 0.533. The summed E-state index contributed by atoms with van der Waals surface area (Å²) in [5.41, 5.74) is 1.14. The lowest BCUT2D eigenvalue weighted by Gasteiger charge is -2.40. The molecule has 0 aliphatic carbocycles. The number of rotatable bonds is 1. The molecule has 1 aromatic rings. The predicted molar refractivity (Wildman–Crippen MR) is 73.2 cm³/mol. The Kier molecular flexibility index (Phi) is 3.19. The summed E-state index contributed by atoms with van der Waals surface area (Å²) in [7, 11) is 0. The third-order valence-electron chi connectivity index (χ3n) is 4.01. The monoisotopic (exact) mass is 260 g/mol. The molecule has 1 amide bonds. The van der Waals surface area contributed by atoms with Gasteiger partial charge in [-0.05, 0) is 25.5 Å². The van der Waals surface area contributed by atoms with Gasteiger partial charge in [-0.2, -0.15) is 0 Å². The van der Waals surface area contributed by atoms with Gasteiger partial charge in [-0.25, -0.2) is 0 Å². The normalized spacial score (nSPS) is 29.8. The van der Waals surface area contributed by atoms with Crippen molar-refractivity contribution < 1.29 is 9.53 Å². The number of nitrogens with one attached hydrogen (secondary N) is 1. The minimum absolute atomic E-state index is 0.123. The standard InChI is InChI=1S/C15H20N2O2/c1-10-8-16-9-11(2)17(10)15(18)14-7-12-5-3-4-6-13(12)19-14/h3-6,10-11,14,16H,7-9H2,1-2H3. The highest BCUT2D eigenvalue weighted by Gasteiger charge is 2.37. The largest absolute Gasteiger partial charge is 0.480 e. The molecule has 0 radical (unpaired) electrons. The first-order valence-corrected chi connectivity index (χ1v) is 6.94. The number of amides is 1. The maximum atomic E-state index is 12.7. The Morgan fingerprint density at radius 1 is 1.26 bits per heavy atom. The molecule has 0 aromatic heterocycles. The summed E-state index contributed by atoms with van der Waals surface area (Å²) >= 11 is 0. The number of hydrogen-bond donors (Lipinski definition) is 1. The molecule has 1 N–H and O–H groups in total. The Balaban J connectivity index is 1.75. The van der Waals surface area contributed by atoms with E-state index in [-0.39, 0.29) is 24.1 Å². The minimum atomic E-state index is -0.347. The molecule has 1 fully saturated rings. The number of nitrogens with zero attached hydrogens (tertiary/aromatic N) is 1. The van der Waals surface area contributed by atoms with Gasteiger partial charge in [0.05, 0.1) is 0 Å². The Labute approximate surface area is 113 Å². The number of benzene rings is 1. The summed E-state index contributed by atoms with van der Waals surface area (Å²) in [4.78, 5) is 14.6. The van der Waals surface area contributed by atoms with Crippen LogP contribution in [0.1, 0.15) is 19.4 Å². The van der Waals surface area contributed by atoms with Crippen LogP contribution in [0.15, 0.2) is 24.3 Å². The van der Waals surface area contributed by atoms with E-state index < -0.39 is 0 Å². The van der Waals surface area contributed by atoms with Crippen molar-refractivity contribution in [2.45, 2.75) is 38.5 Å². The smallest absolute Gasteiger partial charge is 0.264 e. The molecule has 0 spiro atoms. The van der Waals surface area contributed by atoms with Gasteiger partial charge in [0.25, 0.3) is 5.91 Å². The summed E-state index contributed by atoms with van der Waals surface area (Å²) in [5, 5.41) is 3.34. The summed E-state index contributed by atoms with van der Waals surface area (Å²) < 4.78 is 5.81. The van der Waals surface area contributed by atoms with E-state index in [1.807, 2.05) is 29.2 Å². The topological polar surface area (TPSA) is 41.6 Å². The van der Waals surface area contributed by atoms with Crippen LogP contribution in [0.4, 0.5) is 0 Å². The zero-order valence-corrected chi connectivity index (χ0v) is 11.4. The van der Waals surface area contributed by atoms with Crippen LogP contribution in [0.3, 0.4) is 0 Å². The molecule has 19 heavy (non-hydrogen) atoms. The first kappa shape index (κ1) is 12.5. The molecule has 2 aliphatic heterocycles. The van der Waals surface area contributed by atoms with Crippen molar-refractivity contribution in [1.29, 1.82) is 0 Å². The van der Waals surface area contributed by atoms with Gasteiger partial charge in [-0.1, -0.05) is 18.2 Å². The third kappa shape index (κ3) is 2.21. The lowest BCUT2D eigenvalue weighted by molar-refractivity contribution is -0.143. The van der Waals surface area contributed by atoms with Gasteiger partial charge >= 0.3 is 0 Å². The number of carbonyl (C=O) groups is 1. The molecular formula is C15H20N2O2. The second-order valence-electron chi connectivity index (χ2n) is 5.52.